The third kappa shape index (κ3) is 2.04. The van der Waals surface area contributed by atoms with E-state index in [4.69, 9.17) is 15.2 Å². The number of ether oxygens (including phenoxy) is 2. The number of rotatable bonds is 2. The lowest BCUT2D eigenvalue weighted by Gasteiger charge is -2.10. The number of nitrogens with zero attached hydrogens (tertiary/aromatic N) is 1. The van der Waals surface area contributed by atoms with Crippen molar-refractivity contribution in [2.75, 3.05) is 24.3 Å². The fraction of sp³-hybridized carbons (Fsp3) is 0.250. The number of hydrogen-bond donors (Lipinski definition) is 3. The van der Waals surface area contributed by atoms with Crippen molar-refractivity contribution in [1.82, 2.24) is 10.2 Å². The first kappa shape index (κ1) is 10.8. The van der Waals surface area contributed by atoms with Crippen molar-refractivity contribution in [2.45, 2.75) is 6.42 Å². The number of nitrogens with one attached hydrogen (secondary N) is 2. The SMILES string of the molecule is Nc1[nH]ncc1Nc1ccc2c(c1)OCCCO2. The smallest absolute Gasteiger partial charge is 0.163 e. The Bertz CT molecular complexity index is 553. The van der Waals surface area contributed by atoms with E-state index in [2.05, 4.69) is 15.5 Å². The zero-order valence-corrected chi connectivity index (χ0v) is 9.77. The second-order valence-electron chi connectivity index (χ2n) is 4.03. The molecule has 94 valence electrons. The number of H-pyrrole nitrogens is 1. The summed E-state index contributed by atoms with van der Waals surface area (Å²) in [6.45, 7) is 1.36. The molecule has 0 aliphatic carbocycles. The minimum Gasteiger partial charge on any atom is -0.490 e. The second kappa shape index (κ2) is 4.48. The lowest BCUT2D eigenvalue weighted by Crippen LogP contribution is -1.97. The minimum atomic E-state index is 0.502. The monoisotopic (exact) mass is 246 g/mol. The van der Waals surface area contributed by atoms with Crippen molar-refractivity contribution in [3.05, 3.63) is 24.4 Å². The van der Waals surface area contributed by atoms with Gasteiger partial charge in [-0.15, -0.1) is 0 Å². The van der Waals surface area contributed by atoms with Crippen molar-refractivity contribution in [2.24, 2.45) is 0 Å². The van der Waals surface area contributed by atoms with E-state index in [1.165, 1.54) is 0 Å². The van der Waals surface area contributed by atoms with Crippen LogP contribution in [0.25, 0.3) is 0 Å². The highest BCUT2D eigenvalue weighted by Crippen LogP contribution is 2.33. The Kier molecular flexibility index (Phi) is 2.68. The fourth-order valence-electron chi connectivity index (χ4n) is 1.79. The van der Waals surface area contributed by atoms with E-state index in [0.717, 1.165) is 29.3 Å². The molecule has 0 saturated heterocycles. The molecule has 1 aromatic heterocycles. The van der Waals surface area contributed by atoms with Gasteiger partial charge in [-0.1, -0.05) is 0 Å². The summed E-state index contributed by atoms with van der Waals surface area (Å²) in [5, 5.41) is 9.69. The van der Waals surface area contributed by atoms with Gasteiger partial charge in [0.2, 0.25) is 0 Å². The molecule has 0 fully saturated rings. The number of fused-ring (bicyclic) bond motifs is 1. The van der Waals surface area contributed by atoms with Gasteiger partial charge in [-0.2, -0.15) is 5.10 Å². The summed E-state index contributed by atoms with van der Waals surface area (Å²) in [4.78, 5) is 0. The molecule has 0 amide bonds. The number of nitrogens with two attached hydrogens (primary N) is 1. The second-order valence-corrected chi connectivity index (χ2v) is 4.03. The molecule has 1 aromatic carbocycles. The molecule has 0 spiro atoms. The lowest BCUT2D eigenvalue weighted by molar-refractivity contribution is 0.297. The highest BCUT2D eigenvalue weighted by atomic mass is 16.5. The van der Waals surface area contributed by atoms with Crippen LogP contribution in [0, 0.1) is 0 Å². The Morgan fingerprint density at radius 1 is 1.22 bits per heavy atom. The highest BCUT2D eigenvalue weighted by Gasteiger charge is 2.11. The topological polar surface area (TPSA) is 85.2 Å². The quantitative estimate of drug-likeness (QED) is 0.753. The van der Waals surface area contributed by atoms with Gasteiger partial charge in [0.25, 0.3) is 0 Å². The fourth-order valence-corrected chi connectivity index (χ4v) is 1.79. The van der Waals surface area contributed by atoms with Gasteiger partial charge in [0.05, 0.1) is 19.4 Å². The van der Waals surface area contributed by atoms with Gasteiger partial charge in [-0.05, 0) is 12.1 Å². The molecule has 0 unspecified atom stereocenters. The van der Waals surface area contributed by atoms with Gasteiger partial charge >= 0.3 is 0 Å². The van der Waals surface area contributed by atoms with E-state index in [0.29, 0.717) is 19.0 Å². The van der Waals surface area contributed by atoms with Crippen LogP contribution in [0.15, 0.2) is 24.4 Å². The molecule has 18 heavy (non-hydrogen) atoms. The average Bonchev–Trinajstić information content (AvgIpc) is 2.65. The molecule has 0 atom stereocenters. The lowest BCUT2D eigenvalue weighted by atomic mass is 10.2. The van der Waals surface area contributed by atoms with Gasteiger partial charge in [0.1, 0.15) is 11.5 Å². The predicted molar refractivity (Wildman–Crippen MR) is 68.3 cm³/mol. The van der Waals surface area contributed by atoms with Crippen LogP contribution in [0.3, 0.4) is 0 Å². The van der Waals surface area contributed by atoms with Crippen LogP contribution < -0.4 is 20.5 Å². The molecule has 1 aliphatic heterocycles. The number of benzene rings is 1. The zero-order chi connectivity index (χ0) is 12.4. The molecule has 1 aliphatic rings. The first-order chi connectivity index (χ1) is 8.83. The molecule has 0 bridgehead atoms. The van der Waals surface area contributed by atoms with Crippen LogP contribution >= 0.6 is 0 Å². The zero-order valence-electron chi connectivity index (χ0n) is 9.77. The first-order valence-electron chi connectivity index (χ1n) is 5.78. The van der Waals surface area contributed by atoms with Gasteiger partial charge in [0.15, 0.2) is 11.5 Å². The van der Waals surface area contributed by atoms with Crippen molar-refractivity contribution >= 4 is 17.2 Å². The number of aromatic amines is 1. The molecule has 6 heteroatoms. The molecular weight excluding hydrogens is 232 g/mol. The van der Waals surface area contributed by atoms with E-state index in [1.807, 2.05) is 18.2 Å². The Hall–Kier alpha value is -2.37. The van der Waals surface area contributed by atoms with Crippen molar-refractivity contribution in [3.63, 3.8) is 0 Å². The van der Waals surface area contributed by atoms with Gasteiger partial charge in [-0.25, -0.2) is 0 Å². The maximum absolute atomic E-state index is 5.71. The van der Waals surface area contributed by atoms with Crippen molar-refractivity contribution in [1.29, 1.82) is 0 Å². The van der Waals surface area contributed by atoms with Crippen LogP contribution in [0.1, 0.15) is 6.42 Å². The van der Waals surface area contributed by atoms with Gasteiger partial charge in [0, 0.05) is 18.2 Å². The molecular formula is C12H14N4O2. The molecule has 2 aromatic rings. The molecule has 4 N–H and O–H groups in total. The van der Waals surface area contributed by atoms with E-state index in [1.54, 1.807) is 6.20 Å². The number of anilines is 3. The van der Waals surface area contributed by atoms with Crippen molar-refractivity contribution in [3.8, 4) is 11.5 Å². The molecule has 3 rings (SSSR count). The Labute approximate surface area is 104 Å². The van der Waals surface area contributed by atoms with Crippen LogP contribution in [0.2, 0.25) is 0 Å². The van der Waals surface area contributed by atoms with Crippen LogP contribution in [0.5, 0.6) is 11.5 Å². The van der Waals surface area contributed by atoms with Crippen LogP contribution in [0.4, 0.5) is 17.2 Å². The van der Waals surface area contributed by atoms with E-state index >= 15 is 0 Å². The number of nitrogen functional groups attached to an aromatic ring is 1. The minimum absolute atomic E-state index is 0.502. The number of aromatic nitrogens is 2. The largest absolute Gasteiger partial charge is 0.490 e. The third-order valence-electron chi connectivity index (χ3n) is 2.70. The summed E-state index contributed by atoms with van der Waals surface area (Å²) in [7, 11) is 0. The summed E-state index contributed by atoms with van der Waals surface area (Å²) in [6, 6.07) is 5.70. The molecule has 0 radical (unpaired) electrons. The Balaban J connectivity index is 1.85. The Morgan fingerprint density at radius 2 is 2.06 bits per heavy atom. The summed E-state index contributed by atoms with van der Waals surface area (Å²) >= 11 is 0. The average molecular weight is 246 g/mol. The normalized spacial score (nSPS) is 14.0. The van der Waals surface area contributed by atoms with Crippen LogP contribution in [-0.2, 0) is 0 Å². The van der Waals surface area contributed by atoms with E-state index in [9.17, 15) is 0 Å². The van der Waals surface area contributed by atoms with Gasteiger partial charge < -0.3 is 20.5 Å². The molecule has 0 saturated carbocycles. The standard InChI is InChI=1S/C12H14N4O2/c13-12-9(7-14-16-12)15-8-2-3-10-11(6-8)18-5-1-4-17-10/h2-3,6-7,15H,1,4-5H2,(H3,13,14,16). The summed E-state index contributed by atoms with van der Waals surface area (Å²) in [5.41, 5.74) is 7.34. The molecule has 6 nitrogen and oxygen atoms in total. The van der Waals surface area contributed by atoms with Crippen LogP contribution in [-0.4, -0.2) is 23.4 Å². The number of hydrogen-bond acceptors (Lipinski definition) is 5. The maximum atomic E-state index is 5.71. The van der Waals surface area contributed by atoms with E-state index in [-0.39, 0.29) is 0 Å². The molecule has 2 heterocycles. The summed E-state index contributed by atoms with van der Waals surface area (Å²) in [6.07, 6.45) is 2.53. The maximum Gasteiger partial charge on any atom is 0.163 e. The predicted octanol–water partition coefficient (Wildman–Crippen LogP) is 1.90. The Morgan fingerprint density at radius 3 is 2.83 bits per heavy atom. The third-order valence-corrected chi connectivity index (χ3v) is 2.70. The highest BCUT2D eigenvalue weighted by molar-refractivity contribution is 5.70. The first-order valence-corrected chi connectivity index (χ1v) is 5.78. The van der Waals surface area contributed by atoms with Crippen molar-refractivity contribution < 1.29 is 9.47 Å². The summed E-state index contributed by atoms with van der Waals surface area (Å²) < 4.78 is 11.2. The van der Waals surface area contributed by atoms with E-state index < -0.39 is 0 Å². The summed E-state index contributed by atoms with van der Waals surface area (Å²) in [5.74, 6) is 2.03. The van der Waals surface area contributed by atoms with Gasteiger partial charge in [-0.3, -0.25) is 5.10 Å².